The summed E-state index contributed by atoms with van der Waals surface area (Å²) in [5, 5.41) is 7.11. The number of aromatic nitrogens is 3. The minimum absolute atomic E-state index is 0.0388. The number of rotatable bonds is 14. The van der Waals surface area contributed by atoms with Crippen LogP contribution in [-0.2, 0) is 28.9 Å². The van der Waals surface area contributed by atoms with Gasteiger partial charge in [-0.05, 0) is 32.6 Å². The van der Waals surface area contributed by atoms with E-state index in [0.717, 1.165) is 17.9 Å². The first-order chi connectivity index (χ1) is 19.2. The third-order valence-corrected chi connectivity index (χ3v) is 8.42. The van der Waals surface area contributed by atoms with E-state index in [1.54, 1.807) is 0 Å². The molecule has 216 valence electrons. The van der Waals surface area contributed by atoms with E-state index < -0.39 is 15.7 Å². The quantitative estimate of drug-likeness (QED) is 0.166. The van der Waals surface area contributed by atoms with Crippen molar-refractivity contribution in [3.63, 3.8) is 0 Å². The van der Waals surface area contributed by atoms with Crippen LogP contribution in [-0.4, -0.2) is 106 Å². The highest BCUT2D eigenvalue weighted by molar-refractivity contribution is 7.91. The molecule has 1 aliphatic heterocycles. The number of anilines is 1. The number of likely N-dealkylation sites (N-methyl/N-ethyl adjacent to an activating group) is 1. The van der Waals surface area contributed by atoms with Gasteiger partial charge in [-0.1, -0.05) is 28.6 Å². The van der Waals surface area contributed by atoms with Gasteiger partial charge in [0.25, 0.3) is 5.91 Å². The molecule has 0 spiro atoms. The Kier molecular flexibility index (Phi) is 10.3. The van der Waals surface area contributed by atoms with Crippen LogP contribution in [0.15, 0.2) is 40.5 Å². The van der Waals surface area contributed by atoms with Crippen LogP contribution in [0.2, 0.25) is 0 Å². The highest BCUT2D eigenvalue weighted by Gasteiger charge is 2.22. The maximum Gasteiger partial charge on any atom is 0.280 e. The fraction of sp³-hybridized carbons (Fsp3) is 0.480. The topological polar surface area (TPSA) is 154 Å². The smallest absolute Gasteiger partial charge is 0.280 e. The van der Waals surface area contributed by atoms with E-state index in [4.69, 9.17) is 19.0 Å². The van der Waals surface area contributed by atoms with E-state index in [-0.39, 0.29) is 27.6 Å². The van der Waals surface area contributed by atoms with E-state index >= 15 is 0 Å². The number of nitrogens with one attached hydrogen (secondary N) is 1. The molecule has 4 rings (SSSR count). The number of sulfone groups is 1. The van der Waals surface area contributed by atoms with Gasteiger partial charge in [0.1, 0.15) is 6.61 Å². The van der Waals surface area contributed by atoms with Gasteiger partial charge in [-0.25, -0.2) is 13.4 Å². The number of hydrogen-bond acceptors (Lipinski definition) is 13. The summed E-state index contributed by atoms with van der Waals surface area (Å²) in [4.78, 5) is 34.6. The van der Waals surface area contributed by atoms with Crippen molar-refractivity contribution >= 4 is 48.4 Å². The Hall–Kier alpha value is -3.24. The molecule has 1 amide bonds. The Bertz CT molecular complexity index is 1420. The average Bonchev–Trinajstić information content (AvgIpc) is 3.58. The molecule has 15 heteroatoms. The first-order valence-electron chi connectivity index (χ1n) is 12.6. The molecule has 0 radical (unpaired) electrons. The number of hydrogen-bond donors (Lipinski definition) is 1. The van der Waals surface area contributed by atoms with Gasteiger partial charge in [-0.15, -0.1) is 0 Å². The van der Waals surface area contributed by atoms with Crippen molar-refractivity contribution in [2.45, 2.75) is 23.8 Å². The number of thiazole rings is 1. The largest absolute Gasteiger partial charge is 0.475 e. The zero-order valence-corrected chi connectivity index (χ0v) is 24.2. The molecule has 13 nitrogen and oxygen atoms in total. The average molecular weight is 593 g/mol. The summed E-state index contributed by atoms with van der Waals surface area (Å²) >= 11 is 1.14. The number of nitrogens with zero attached hydrogens (tertiary/aromatic N) is 5. The molecule has 1 aliphatic rings. The number of carbonyl (C=O) groups excluding carboxylic acids is 1. The van der Waals surface area contributed by atoms with Crippen molar-refractivity contribution in [1.29, 1.82) is 0 Å². The molecular formula is C25H32N6O7S2. The number of ether oxygens (including phenoxy) is 3. The van der Waals surface area contributed by atoms with Crippen molar-refractivity contribution in [2.24, 2.45) is 5.16 Å². The van der Waals surface area contributed by atoms with E-state index in [2.05, 4.69) is 25.4 Å². The summed E-state index contributed by atoms with van der Waals surface area (Å²) in [6.07, 6.45) is 2.22. The minimum atomic E-state index is -3.50. The van der Waals surface area contributed by atoms with E-state index in [9.17, 15) is 13.2 Å². The fourth-order valence-electron chi connectivity index (χ4n) is 3.60. The summed E-state index contributed by atoms with van der Waals surface area (Å²) in [6.45, 7) is 2.43. The molecule has 0 unspecified atom stereocenters. The molecule has 1 N–H and O–H groups in total. The van der Waals surface area contributed by atoms with E-state index in [0.29, 0.717) is 61.2 Å². The monoisotopic (exact) mass is 592 g/mol. The molecule has 40 heavy (non-hydrogen) atoms. The number of oxime groups is 1. The van der Waals surface area contributed by atoms with Crippen molar-refractivity contribution in [2.75, 3.05) is 65.2 Å². The van der Waals surface area contributed by atoms with E-state index in [1.165, 1.54) is 37.6 Å². The van der Waals surface area contributed by atoms with Crippen LogP contribution in [0, 0.1) is 0 Å². The number of amides is 1. The van der Waals surface area contributed by atoms with Gasteiger partial charge in [0.05, 0.1) is 30.1 Å². The zero-order chi connectivity index (χ0) is 28.5. The normalized spacial score (nSPS) is 16.0. The van der Waals surface area contributed by atoms with Gasteiger partial charge in [0, 0.05) is 32.2 Å². The lowest BCUT2D eigenvalue weighted by Gasteiger charge is -2.10. The number of methoxy groups -OCH3 is 1. The predicted molar refractivity (Wildman–Crippen MR) is 150 cm³/mol. The molecule has 0 aliphatic carbocycles. The maximum absolute atomic E-state index is 13.3. The number of benzene rings is 1. The number of fused-ring (bicyclic) bond motifs is 1. The Morgan fingerprint density at radius 2 is 2.02 bits per heavy atom. The summed E-state index contributed by atoms with van der Waals surface area (Å²) in [5.41, 5.74) is 0.699. The highest BCUT2D eigenvalue weighted by atomic mass is 32.2. The molecule has 2 aromatic heterocycles. The molecule has 1 fully saturated rings. The van der Waals surface area contributed by atoms with Crippen LogP contribution in [0.5, 0.6) is 5.88 Å². The highest BCUT2D eigenvalue weighted by Crippen LogP contribution is 2.25. The van der Waals surface area contributed by atoms with Gasteiger partial charge < -0.3 is 23.9 Å². The van der Waals surface area contributed by atoms with Crippen LogP contribution >= 0.6 is 11.3 Å². The van der Waals surface area contributed by atoms with Gasteiger partial charge in [0.2, 0.25) is 5.88 Å². The SMILES string of the molecule is COCCCS(=O)(=O)c1ccc(C(=NO[C@@H]2CCOC2)C(=O)Nc2nc3ncc(OCCN(C)C)nc3s2)cc1. The van der Waals surface area contributed by atoms with Gasteiger partial charge in [-0.2, -0.15) is 9.97 Å². The van der Waals surface area contributed by atoms with Gasteiger partial charge in [0.15, 0.2) is 37.3 Å². The molecule has 1 saturated heterocycles. The summed E-state index contributed by atoms with van der Waals surface area (Å²) in [7, 11) is 1.91. The summed E-state index contributed by atoms with van der Waals surface area (Å²) in [5.74, 6) is -0.271. The van der Waals surface area contributed by atoms with Crippen LogP contribution in [0.3, 0.4) is 0 Å². The van der Waals surface area contributed by atoms with Crippen LogP contribution in [0.4, 0.5) is 5.13 Å². The molecule has 1 atom stereocenters. The fourth-order valence-corrected chi connectivity index (χ4v) is 5.67. The Balaban J connectivity index is 1.52. The maximum atomic E-state index is 13.3. The zero-order valence-electron chi connectivity index (χ0n) is 22.5. The van der Waals surface area contributed by atoms with Crippen LogP contribution in [0.25, 0.3) is 10.5 Å². The van der Waals surface area contributed by atoms with Crippen molar-refractivity contribution < 1.29 is 32.3 Å². The molecule has 3 aromatic rings. The van der Waals surface area contributed by atoms with Crippen molar-refractivity contribution in [1.82, 2.24) is 19.9 Å². The van der Waals surface area contributed by atoms with Crippen molar-refractivity contribution in [3.05, 3.63) is 36.0 Å². The Morgan fingerprint density at radius 1 is 1.23 bits per heavy atom. The predicted octanol–water partition coefficient (Wildman–Crippen LogP) is 1.99. The third-order valence-electron chi connectivity index (χ3n) is 5.75. The summed E-state index contributed by atoms with van der Waals surface area (Å²) < 4.78 is 41.2. The summed E-state index contributed by atoms with van der Waals surface area (Å²) in [6, 6.07) is 5.94. The van der Waals surface area contributed by atoms with Crippen molar-refractivity contribution in [3.8, 4) is 5.88 Å². The molecule has 0 saturated carbocycles. The molecule has 3 heterocycles. The minimum Gasteiger partial charge on any atom is -0.475 e. The second-order valence-electron chi connectivity index (χ2n) is 9.18. The lowest BCUT2D eigenvalue weighted by atomic mass is 10.1. The second kappa shape index (κ2) is 13.9. The standard InChI is InChI=1S/C25H32N6O7S2/c1-31(2)10-13-37-20-15-26-22-24(27-20)39-25(28-22)29-23(32)21(30-38-18-9-12-36-16-18)17-5-7-19(8-6-17)40(33,34)14-4-11-35-3/h5-8,15,18H,4,9-14,16H2,1-3H3,(H,26,28,29,32)/t18-/m1/s1. The first kappa shape index (κ1) is 29.7. The second-order valence-corrected chi connectivity index (χ2v) is 12.3. The van der Waals surface area contributed by atoms with Crippen LogP contribution < -0.4 is 10.1 Å². The first-order valence-corrected chi connectivity index (χ1v) is 15.1. The van der Waals surface area contributed by atoms with Crippen LogP contribution in [0.1, 0.15) is 18.4 Å². The molecule has 1 aromatic carbocycles. The lowest BCUT2D eigenvalue weighted by molar-refractivity contribution is -0.110. The van der Waals surface area contributed by atoms with Gasteiger partial charge in [-0.3, -0.25) is 10.1 Å². The molecular weight excluding hydrogens is 560 g/mol. The lowest BCUT2D eigenvalue weighted by Crippen LogP contribution is -2.25. The van der Waals surface area contributed by atoms with Gasteiger partial charge >= 0.3 is 0 Å². The number of carbonyl (C=O) groups is 1. The van der Waals surface area contributed by atoms with E-state index in [1.807, 2.05) is 19.0 Å². The Morgan fingerprint density at radius 3 is 2.73 bits per heavy atom. The third kappa shape index (κ3) is 8.14. The Labute approximate surface area is 236 Å². The molecule has 0 bridgehead atoms.